The molecule has 0 saturated heterocycles. The van der Waals surface area contributed by atoms with E-state index >= 15 is 0 Å². The molecule has 0 saturated carbocycles. The van der Waals surface area contributed by atoms with E-state index in [9.17, 15) is 0 Å². The van der Waals surface area contributed by atoms with Crippen LogP contribution in [0.3, 0.4) is 0 Å². The van der Waals surface area contributed by atoms with Crippen LogP contribution in [0, 0.1) is 6.92 Å². The largest absolute Gasteiger partial charge is 0.370 e. The predicted octanol–water partition coefficient (Wildman–Crippen LogP) is 4.39. The van der Waals surface area contributed by atoms with Crippen molar-refractivity contribution < 1.29 is 0 Å². The molecule has 2 aromatic carbocycles. The maximum atomic E-state index is 5.93. The maximum Gasteiger partial charge on any atom is 0.0426 e. The third-order valence-electron chi connectivity index (χ3n) is 3.67. The quantitative estimate of drug-likeness (QED) is 0.851. The van der Waals surface area contributed by atoms with Crippen molar-refractivity contribution in [2.75, 3.05) is 18.5 Å². The van der Waals surface area contributed by atoms with Gasteiger partial charge in [-0.25, -0.2) is 0 Å². The van der Waals surface area contributed by atoms with Gasteiger partial charge in [-0.15, -0.1) is 0 Å². The average molecular weight is 303 g/mol. The van der Waals surface area contributed by atoms with Gasteiger partial charge in [0.2, 0.25) is 0 Å². The number of nitrogens with one attached hydrogen (secondary N) is 1. The van der Waals surface area contributed by atoms with Crippen LogP contribution >= 0.6 is 11.6 Å². The van der Waals surface area contributed by atoms with Gasteiger partial charge in [0.15, 0.2) is 0 Å². The molecule has 0 aliphatic rings. The smallest absolute Gasteiger partial charge is 0.0426 e. The molecule has 0 unspecified atom stereocenters. The lowest BCUT2D eigenvalue weighted by Crippen LogP contribution is -2.17. The average Bonchev–Trinajstić information content (AvgIpc) is 2.48. The number of aryl methyl sites for hydroxylation is 1. The van der Waals surface area contributed by atoms with E-state index in [0.29, 0.717) is 0 Å². The summed E-state index contributed by atoms with van der Waals surface area (Å²) in [5.74, 6) is 0. The zero-order chi connectivity index (χ0) is 15.2. The summed E-state index contributed by atoms with van der Waals surface area (Å²) in [4.78, 5) is 2.26. The van der Waals surface area contributed by atoms with Gasteiger partial charge >= 0.3 is 0 Å². The zero-order valence-corrected chi connectivity index (χ0v) is 13.7. The number of benzene rings is 2. The fraction of sp³-hybridized carbons (Fsp3) is 0.333. The summed E-state index contributed by atoms with van der Waals surface area (Å²) in [7, 11) is 2.12. The molecule has 2 aromatic rings. The van der Waals surface area contributed by atoms with E-state index in [1.165, 1.54) is 22.4 Å². The molecule has 2 nitrogen and oxygen atoms in total. The van der Waals surface area contributed by atoms with Crippen LogP contribution in [-0.4, -0.2) is 13.6 Å². The van der Waals surface area contributed by atoms with Crippen LogP contribution in [0.15, 0.2) is 42.5 Å². The van der Waals surface area contributed by atoms with Gasteiger partial charge in [0.1, 0.15) is 0 Å². The molecule has 0 atom stereocenters. The van der Waals surface area contributed by atoms with Crippen molar-refractivity contribution >= 4 is 17.3 Å². The summed E-state index contributed by atoms with van der Waals surface area (Å²) in [6, 6.07) is 14.7. The lowest BCUT2D eigenvalue weighted by molar-refractivity contribution is 0.723. The Morgan fingerprint density at radius 3 is 2.43 bits per heavy atom. The monoisotopic (exact) mass is 302 g/mol. The Kier molecular flexibility index (Phi) is 5.66. The second kappa shape index (κ2) is 7.48. The highest BCUT2D eigenvalue weighted by atomic mass is 35.5. The van der Waals surface area contributed by atoms with Crippen LogP contribution in [0.25, 0.3) is 0 Å². The van der Waals surface area contributed by atoms with Gasteiger partial charge in [0, 0.05) is 30.8 Å². The Hall–Kier alpha value is -1.51. The van der Waals surface area contributed by atoms with E-state index < -0.39 is 0 Å². The first-order valence-electron chi connectivity index (χ1n) is 7.36. The first-order valence-corrected chi connectivity index (χ1v) is 7.73. The summed E-state index contributed by atoms with van der Waals surface area (Å²) < 4.78 is 0. The van der Waals surface area contributed by atoms with Gasteiger partial charge in [-0.1, -0.05) is 36.7 Å². The lowest BCUT2D eigenvalue weighted by Gasteiger charge is -2.21. The van der Waals surface area contributed by atoms with E-state index in [0.717, 1.165) is 24.7 Å². The summed E-state index contributed by atoms with van der Waals surface area (Å²) >= 11 is 5.93. The molecule has 1 N–H and O–H groups in total. The molecule has 0 aliphatic heterocycles. The number of halogens is 1. The Balaban J connectivity index is 2.06. The third-order valence-corrected chi connectivity index (χ3v) is 3.92. The van der Waals surface area contributed by atoms with Crippen molar-refractivity contribution in [1.82, 2.24) is 5.32 Å². The highest BCUT2D eigenvalue weighted by Gasteiger charge is 2.05. The molecule has 2 rings (SSSR count). The molecule has 0 amide bonds. The molecular weight excluding hydrogens is 280 g/mol. The van der Waals surface area contributed by atoms with Crippen LogP contribution < -0.4 is 10.2 Å². The van der Waals surface area contributed by atoms with E-state index in [1.54, 1.807) is 0 Å². The summed E-state index contributed by atoms with van der Waals surface area (Å²) in [5.41, 5.74) is 5.19. The fourth-order valence-corrected chi connectivity index (χ4v) is 2.46. The van der Waals surface area contributed by atoms with E-state index in [2.05, 4.69) is 61.4 Å². The topological polar surface area (TPSA) is 15.3 Å². The van der Waals surface area contributed by atoms with Crippen LogP contribution in [-0.2, 0) is 13.1 Å². The normalized spacial score (nSPS) is 10.7. The van der Waals surface area contributed by atoms with E-state index in [1.807, 2.05) is 12.1 Å². The minimum absolute atomic E-state index is 0.782. The first-order chi connectivity index (χ1) is 10.1. The molecule has 0 fully saturated rings. The van der Waals surface area contributed by atoms with Crippen LogP contribution in [0.5, 0.6) is 0 Å². The van der Waals surface area contributed by atoms with Crippen LogP contribution in [0.2, 0.25) is 5.02 Å². The zero-order valence-electron chi connectivity index (χ0n) is 13.0. The number of rotatable bonds is 6. The summed E-state index contributed by atoms with van der Waals surface area (Å²) in [6.07, 6.45) is 0. The molecule has 3 heteroatoms. The fourth-order valence-electron chi connectivity index (χ4n) is 2.33. The predicted molar refractivity (Wildman–Crippen MR) is 92.1 cm³/mol. The van der Waals surface area contributed by atoms with Crippen molar-refractivity contribution in [1.29, 1.82) is 0 Å². The van der Waals surface area contributed by atoms with Gasteiger partial charge in [0.25, 0.3) is 0 Å². The van der Waals surface area contributed by atoms with Gasteiger partial charge in [0.05, 0.1) is 0 Å². The van der Waals surface area contributed by atoms with Crippen molar-refractivity contribution in [3.8, 4) is 0 Å². The number of anilines is 1. The summed E-state index contributed by atoms with van der Waals surface area (Å²) in [6.45, 7) is 7.11. The maximum absolute atomic E-state index is 5.93. The standard InChI is InChI=1S/C18H23ClN2/c1-4-20-12-16-7-10-18(11-14(16)2)21(3)13-15-5-8-17(19)9-6-15/h5-11,20H,4,12-13H2,1-3H3. The molecule has 0 radical (unpaired) electrons. The molecule has 0 heterocycles. The molecule has 0 bridgehead atoms. The molecule has 0 aliphatic carbocycles. The van der Waals surface area contributed by atoms with Crippen molar-refractivity contribution in [2.45, 2.75) is 26.9 Å². The van der Waals surface area contributed by atoms with Gasteiger partial charge in [-0.2, -0.15) is 0 Å². The van der Waals surface area contributed by atoms with Crippen LogP contribution in [0.1, 0.15) is 23.6 Å². The molecule has 0 spiro atoms. The van der Waals surface area contributed by atoms with Gasteiger partial charge < -0.3 is 10.2 Å². The first kappa shape index (κ1) is 15.9. The summed E-state index contributed by atoms with van der Waals surface area (Å²) in [5, 5.41) is 4.16. The molecular formula is C18H23ClN2. The highest BCUT2D eigenvalue weighted by molar-refractivity contribution is 6.30. The Morgan fingerprint density at radius 2 is 1.81 bits per heavy atom. The third kappa shape index (κ3) is 4.48. The Labute approximate surface area is 132 Å². The molecule has 112 valence electrons. The highest BCUT2D eigenvalue weighted by Crippen LogP contribution is 2.20. The Morgan fingerprint density at radius 1 is 1.10 bits per heavy atom. The van der Waals surface area contributed by atoms with Crippen molar-refractivity contribution in [3.63, 3.8) is 0 Å². The molecule has 0 aromatic heterocycles. The minimum Gasteiger partial charge on any atom is -0.370 e. The second-order valence-electron chi connectivity index (χ2n) is 5.37. The van der Waals surface area contributed by atoms with E-state index in [4.69, 9.17) is 11.6 Å². The van der Waals surface area contributed by atoms with Crippen molar-refractivity contribution in [3.05, 3.63) is 64.2 Å². The number of hydrogen-bond donors (Lipinski definition) is 1. The van der Waals surface area contributed by atoms with Gasteiger partial charge in [-0.3, -0.25) is 0 Å². The molecule has 21 heavy (non-hydrogen) atoms. The number of hydrogen-bond acceptors (Lipinski definition) is 2. The SMILES string of the molecule is CCNCc1ccc(N(C)Cc2ccc(Cl)cc2)cc1C. The lowest BCUT2D eigenvalue weighted by atomic mass is 10.1. The van der Waals surface area contributed by atoms with Crippen LogP contribution in [0.4, 0.5) is 5.69 Å². The Bertz CT molecular complexity index is 578. The van der Waals surface area contributed by atoms with Crippen molar-refractivity contribution in [2.24, 2.45) is 0 Å². The van der Waals surface area contributed by atoms with E-state index in [-0.39, 0.29) is 0 Å². The number of nitrogens with zero attached hydrogens (tertiary/aromatic N) is 1. The second-order valence-corrected chi connectivity index (χ2v) is 5.81. The van der Waals surface area contributed by atoms with Gasteiger partial charge in [-0.05, 0) is 54.4 Å². The minimum atomic E-state index is 0.782.